The van der Waals surface area contributed by atoms with E-state index >= 15 is 0 Å². The maximum Gasteiger partial charge on any atom is 0.441 e. The fraction of sp³-hybridized carbons (Fsp3) is 0.0714. The van der Waals surface area contributed by atoms with Crippen LogP contribution in [0.1, 0.15) is 20.7 Å². The third-order valence-corrected chi connectivity index (χ3v) is 3.06. The van der Waals surface area contributed by atoms with Crippen LogP contribution in [0, 0.1) is 0 Å². The van der Waals surface area contributed by atoms with Crippen molar-refractivity contribution >= 4 is 28.7 Å². The van der Waals surface area contributed by atoms with Crippen LogP contribution in [0.2, 0.25) is 0 Å². The van der Waals surface area contributed by atoms with E-state index in [1.165, 1.54) is 18.2 Å². The molecule has 0 aliphatic carbocycles. The number of carboxylic acids is 1. The molecular weight excluding hydrogens is 302 g/mol. The zero-order valence-corrected chi connectivity index (χ0v) is 10.6. The summed E-state index contributed by atoms with van der Waals surface area (Å²) in [6.45, 7) is 0. The lowest BCUT2D eigenvalue weighted by atomic mass is 9.97. The molecule has 0 aromatic heterocycles. The molecule has 0 radical (unpaired) electrons. The number of carbonyl (C=O) groups excluding carboxylic acids is 3. The van der Waals surface area contributed by atoms with E-state index in [9.17, 15) is 28.3 Å². The molecule has 22 heavy (non-hydrogen) atoms. The second-order valence-electron chi connectivity index (χ2n) is 4.46. The Bertz CT molecular complexity index is 843. The van der Waals surface area contributed by atoms with Crippen LogP contribution in [0.4, 0.5) is 8.78 Å². The molecule has 0 spiro atoms. The quantitative estimate of drug-likeness (QED) is 0.617. The second-order valence-corrected chi connectivity index (χ2v) is 4.46. The molecule has 2 aromatic carbocycles. The average molecular weight is 307 g/mol. The zero-order valence-electron chi connectivity index (χ0n) is 10.6. The number of halogens is 2. The second kappa shape index (κ2) is 4.48. The Morgan fingerprint density at radius 2 is 1.82 bits per heavy atom. The largest absolute Gasteiger partial charge is 0.541 e. The van der Waals surface area contributed by atoms with Crippen LogP contribution in [-0.2, 0) is 9.53 Å². The summed E-state index contributed by atoms with van der Waals surface area (Å²) < 4.78 is 34.7. The van der Waals surface area contributed by atoms with Crippen molar-refractivity contribution < 1.29 is 37.7 Å². The molecular formula is C14H5F2O6-. The summed E-state index contributed by atoms with van der Waals surface area (Å²) in [6, 6.07) is 6.30. The van der Waals surface area contributed by atoms with Crippen molar-refractivity contribution in [3.05, 3.63) is 41.5 Å². The van der Waals surface area contributed by atoms with Crippen molar-refractivity contribution in [2.75, 3.05) is 0 Å². The minimum Gasteiger partial charge on any atom is -0.541 e. The fourth-order valence-electron chi connectivity index (χ4n) is 2.17. The molecule has 1 aliphatic heterocycles. The first kappa shape index (κ1) is 13.9. The summed E-state index contributed by atoms with van der Waals surface area (Å²) in [5.41, 5.74) is -0.0674. The molecule has 0 atom stereocenters. The van der Waals surface area contributed by atoms with E-state index in [0.717, 1.165) is 12.1 Å². The van der Waals surface area contributed by atoms with Crippen molar-refractivity contribution in [2.24, 2.45) is 0 Å². The van der Waals surface area contributed by atoms with Gasteiger partial charge in [0.25, 0.3) is 0 Å². The predicted molar refractivity (Wildman–Crippen MR) is 64.3 cm³/mol. The van der Waals surface area contributed by atoms with Gasteiger partial charge in [-0.25, -0.2) is 9.59 Å². The van der Waals surface area contributed by atoms with Crippen LogP contribution in [0.25, 0.3) is 10.8 Å². The van der Waals surface area contributed by atoms with Gasteiger partial charge in [0, 0.05) is 5.39 Å². The number of carbonyl (C=O) groups is 3. The summed E-state index contributed by atoms with van der Waals surface area (Å²) in [5, 5.41) is 10.8. The number of hydrogen-bond donors (Lipinski definition) is 0. The summed E-state index contributed by atoms with van der Waals surface area (Å²) in [6.07, 6.45) is -4.56. The van der Waals surface area contributed by atoms with E-state index < -0.39 is 29.8 Å². The van der Waals surface area contributed by atoms with Gasteiger partial charge in [0.2, 0.25) is 0 Å². The van der Waals surface area contributed by atoms with Crippen LogP contribution in [-0.4, -0.2) is 24.0 Å². The van der Waals surface area contributed by atoms with Crippen molar-refractivity contribution in [1.82, 2.24) is 0 Å². The highest BCUT2D eigenvalue weighted by Gasteiger charge is 2.35. The predicted octanol–water partition coefficient (Wildman–Crippen LogP) is 0.872. The number of benzene rings is 2. The van der Waals surface area contributed by atoms with Crippen molar-refractivity contribution in [2.45, 2.75) is 6.11 Å². The highest BCUT2D eigenvalue weighted by atomic mass is 19.3. The van der Waals surface area contributed by atoms with Gasteiger partial charge in [0.05, 0.1) is 11.1 Å². The lowest BCUT2D eigenvalue weighted by Gasteiger charge is -2.21. The van der Waals surface area contributed by atoms with Gasteiger partial charge in [0.1, 0.15) is 5.75 Å². The minimum atomic E-state index is -4.56. The molecule has 0 saturated carbocycles. The molecule has 3 rings (SSSR count). The number of aliphatic carboxylic acids is 1. The van der Waals surface area contributed by atoms with Crippen LogP contribution in [0.3, 0.4) is 0 Å². The highest BCUT2D eigenvalue weighted by Crippen LogP contribution is 2.34. The maximum absolute atomic E-state index is 13.1. The number of carboxylic acid groups (broad SMARTS) is 1. The Kier molecular flexibility index (Phi) is 2.84. The van der Waals surface area contributed by atoms with Crippen molar-refractivity contribution in [1.29, 1.82) is 0 Å². The topological polar surface area (TPSA) is 92.7 Å². The number of cyclic esters (lactones) is 2. The Hall–Kier alpha value is -3.03. The van der Waals surface area contributed by atoms with Gasteiger partial charge in [-0.3, -0.25) is 0 Å². The van der Waals surface area contributed by atoms with Gasteiger partial charge in [-0.15, -0.1) is 0 Å². The lowest BCUT2D eigenvalue weighted by Crippen LogP contribution is -2.45. The molecule has 1 heterocycles. The molecule has 0 unspecified atom stereocenters. The first-order valence-electron chi connectivity index (χ1n) is 5.91. The zero-order chi connectivity index (χ0) is 16.1. The van der Waals surface area contributed by atoms with E-state index in [-0.39, 0.29) is 21.9 Å². The van der Waals surface area contributed by atoms with E-state index in [4.69, 9.17) is 0 Å². The molecule has 1 aliphatic rings. The number of rotatable bonds is 3. The fourth-order valence-corrected chi connectivity index (χ4v) is 2.17. The van der Waals surface area contributed by atoms with Crippen molar-refractivity contribution in [3.8, 4) is 5.75 Å². The Morgan fingerprint density at radius 3 is 2.50 bits per heavy atom. The number of alkyl halides is 2. The third kappa shape index (κ3) is 2.05. The minimum absolute atomic E-state index is 0.102. The van der Waals surface area contributed by atoms with Crippen LogP contribution >= 0.6 is 0 Å². The van der Waals surface area contributed by atoms with Gasteiger partial charge >= 0.3 is 18.0 Å². The molecule has 0 N–H and O–H groups in total. The van der Waals surface area contributed by atoms with E-state index in [2.05, 4.69) is 9.47 Å². The first-order valence-corrected chi connectivity index (χ1v) is 5.91. The van der Waals surface area contributed by atoms with Gasteiger partial charge in [-0.1, -0.05) is 12.1 Å². The average Bonchev–Trinajstić information content (AvgIpc) is 2.43. The molecule has 112 valence electrons. The molecule has 0 saturated heterocycles. The number of hydrogen-bond acceptors (Lipinski definition) is 6. The van der Waals surface area contributed by atoms with Gasteiger partial charge in [-0.2, -0.15) is 8.78 Å². The smallest absolute Gasteiger partial charge is 0.441 e. The Morgan fingerprint density at radius 1 is 1.14 bits per heavy atom. The van der Waals surface area contributed by atoms with E-state index in [1.54, 1.807) is 0 Å². The number of ether oxygens (including phenoxy) is 2. The lowest BCUT2D eigenvalue weighted by molar-refractivity contribution is -0.350. The van der Waals surface area contributed by atoms with Crippen LogP contribution < -0.4 is 9.84 Å². The molecule has 0 fully saturated rings. The standard InChI is InChI=1S/C14H6F2O6/c15-14(16,13(19)20)22-7-4-6-2-1-3-8-10(6)9(5-7)12(18)21-11(8)17/h1-5H,(H,19,20)/p-1. The summed E-state index contributed by atoms with van der Waals surface area (Å²) in [5.74, 6) is -5.17. The van der Waals surface area contributed by atoms with E-state index in [0.29, 0.717) is 0 Å². The number of esters is 2. The van der Waals surface area contributed by atoms with Gasteiger partial charge < -0.3 is 19.4 Å². The third-order valence-electron chi connectivity index (χ3n) is 3.06. The van der Waals surface area contributed by atoms with Gasteiger partial charge in [0.15, 0.2) is 5.97 Å². The Labute approximate surface area is 120 Å². The maximum atomic E-state index is 13.1. The molecule has 2 aromatic rings. The summed E-state index contributed by atoms with van der Waals surface area (Å²) in [7, 11) is 0. The van der Waals surface area contributed by atoms with Crippen molar-refractivity contribution in [3.63, 3.8) is 0 Å². The Balaban J connectivity index is 2.20. The highest BCUT2D eigenvalue weighted by molar-refractivity contribution is 6.21. The molecule has 0 amide bonds. The molecule has 6 nitrogen and oxygen atoms in total. The van der Waals surface area contributed by atoms with Gasteiger partial charge in [-0.05, 0) is 23.6 Å². The summed E-state index contributed by atoms with van der Waals surface area (Å²) in [4.78, 5) is 33.6. The SMILES string of the molecule is O=C1OC(=O)c2cc(OC(F)(F)C(=O)[O-])cc3cccc1c23. The summed E-state index contributed by atoms with van der Waals surface area (Å²) >= 11 is 0. The van der Waals surface area contributed by atoms with Crippen LogP contribution in [0.15, 0.2) is 30.3 Å². The van der Waals surface area contributed by atoms with Crippen LogP contribution in [0.5, 0.6) is 5.75 Å². The normalized spacial score (nSPS) is 13.9. The molecule has 8 heteroatoms. The van der Waals surface area contributed by atoms with E-state index in [1.807, 2.05) is 0 Å². The monoisotopic (exact) mass is 307 g/mol. The first-order chi connectivity index (χ1) is 10.3. The molecule has 0 bridgehead atoms.